The van der Waals surface area contributed by atoms with Crippen LogP contribution in [0.4, 0.5) is 0 Å². The number of nitrogens with zero attached hydrogens (tertiary/aromatic N) is 4. The minimum atomic E-state index is -0.695. The van der Waals surface area contributed by atoms with E-state index in [4.69, 9.17) is 4.74 Å². The van der Waals surface area contributed by atoms with E-state index in [1.54, 1.807) is 24.0 Å². The molecule has 5 rings (SSSR count). The lowest BCUT2D eigenvalue weighted by Crippen LogP contribution is -2.44. The van der Waals surface area contributed by atoms with Crippen molar-refractivity contribution in [1.29, 1.82) is 0 Å². The number of pyridine rings is 1. The van der Waals surface area contributed by atoms with E-state index in [9.17, 15) is 14.8 Å². The van der Waals surface area contributed by atoms with Gasteiger partial charge in [-0.15, -0.1) is 0 Å². The zero-order chi connectivity index (χ0) is 30.4. The Kier molecular flexibility index (Phi) is 9.36. The van der Waals surface area contributed by atoms with Crippen LogP contribution >= 0.6 is 0 Å². The zero-order valence-electron chi connectivity index (χ0n) is 25.2. The van der Waals surface area contributed by atoms with E-state index in [1.165, 1.54) is 30.6 Å². The van der Waals surface area contributed by atoms with Crippen molar-refractivity contribution in [1.82, 2.24) is 9.80 Å². The standard InChI is InChI=1S/C35H40N4O4/c1-26-31(34(41)43-3)32(28-15-21-39(42)22-16-28)33(27(2)36-26)38(25-40)20-10-19-37-23-17-35(18-24-37,29-11-6-4-7-12-29)30-13-8-5-9-14-30/h4-9,11-16,21-22,25,31-32H,10,17-20,23-24H2,1-3H3. The minimum Gasteiger partial charge on any atom is -0.619 e. The van der Waals surface area contributed by atoms with Crippen LogP contribution in [-0.2, 0) is 19.7 Å². The molecule has 2 atom stereocenters. The Morgan fingerprint density at radius 1 is 1.02 bits per heavy atom. The number of esters is 1. The van der Waals surface area contributed by atoms with Gasteiger partial charge in [0.05, 0.1) is 18.5 Å². The van der Waals surface area contributed by atoms with Crippen molar-refractivity contribution in [3.63, 3.8) is 0 Å². The van der Waals surface area contributed by atoms with Crippen LogP contribution < -0.4 is 4.73 Å². The van der Waals surface area contributed by atoms with E-state index in [0.717, 1.165) is 50.9 Å². The topological polar surface area (TPSA) is 89.2 Å². The molecule has 3 heterocycles. The summed E-state index contributed by atoms with van der Waals surface area (Å²) in [5.41, 5.74) is 5.44. The van der Waals surface area contributed by atoms with E-state index >= 15 is 0 Å². The van der Waals surface area contributed by atoms with Crippen LogP contribution in [0.1, 0.15) is 55.7 Å². The molecule has 8 nitrogen and oxygen atoms in total. The third-order valence-electron chi connectivity index (χ3n) is 9.11. The largest absolute Gasteiger partial charge is 0.619 e. The Hall–Kier alpha value is -4.30. The van der Waals surface area contributed by atoms with Crippen molar-refractivity contribution in [2.45, 2.75) is 44.4 Å². The third kappa shape index (κ3) is 6.25. The van der Waals surface area contributed by atoms with Crippen molar-refractivity contribution in [2.75, 3.05) is 33.3 Å². The molecular formula is C35H40N4O4. The summed E-state index contributed by atoms with van der Waals surface area (Å²) >= 11 is 0. The van der Waals surface area contributed by atoms with Gasteiger partial charge in [0.15, 0.2) is 12.4 Å². The number of likely N-dealkylation sites (tertiary alicyclic amines) is 1. The predicted molar refractivity (Wildman–Crippen MR) is 166 cm³/mol. The number of rotatable bonds is 10. The van der Waals surface area contributed by atoms with E-state index in [-0.39, 0.29) is 5.41 Å². The van der Waals surface area contributed by atoms with Crippen LogP contribution in [0.5, 0.6) is 0 Å². The molecule has 43 heavy (non-hydrogen) atoms. The van der Waals surface area contributed by atoms with Crippen molar-refractivity contribution >= 4 is 18.1 Å². The molecule has 1 saturated heterocycles. The second-order valence-electron chi connectivity index (χ2n) is 11.5. The molecule has 0 bridgehead atoms. The number of aromatic nitrogens is 1. The summed E-state index contributed by atoms with van der Waals surface area (Å²) in [5, 5.41) is 11.8. The maximum Gasteiger partial charge on any atom is 0.315 e. The van der Waals surface area contributed by atoms with E-state index in [0.29, 0.717) is 28.4 Å². The highest BCUT2D eigenvalue weighted by Crippen LogP contribution is 2.42. The fourth-order valence-electron chi connectivity index (χ4n) is 6.93. The lowest BCUT2D eigenvalue weighted by atomic mass is 9.68. The van der Waals surface area contributed by atoms with E-state index in [2.05, 4.69) is 70.6 Å². The lowest BCUT2D eigenvalue weighted by Gasteiger charge is -2.43. The number of carbonyl (C=O) groups excluding carboxylic acids is 2. The Labute approximate surface area is 253 Å². The SMILES string of the molecule is COC(=O)C1C(C)=NC(C)=C(N(C=O)CCCN2CCC(c3ccccc3)(c3ccccc3)CC2)C1c1cc[n+]([O-])cc1. The number of aliphatic imine (C=N–C) groups is 1. The molecule has 2 aromatic carbocycles. The number of carbonyl (C=O) groups is 2. The molecule has 1 fully saturated rings. The monoisotopic (exact) mass is 580 g/mol. The second kappa shape index (κ2) is 13.3. The minimum absolute atomic E-state index is 0.0121. The van der Waals surface area contributed by atoms with Gasteiger partial charge in [-0.1, -0.05) is 60.7 Å². The molecule has 2 aliphatic rings. The summed E-state index contributed by atoms with van der Waals surface area (Å²) in [7, 11) is 1.36. The van der Waals surface area contributed by atoms with Gasteiger partial charge in [0.25, 0.3) is 0 Å². The number of allylic oxidation sites excluding steroid dienone is 2. The summed E-state index contributed by atoms with van der Waals surface area (Å²) in [6.07, 6.45) is 6.46. The molecule has 0 aliphatic carbocycles. The molecule has 224 valence electrons. The molecule has 2 unspecified atom stereocenters. The van der Waals surface area contributed by atoms with Gasteiger partial charge < -0.3 is 19.7 Å². The first-order chi connectivity index (χ1) is 20.9. The van der Waals surface area contributed by atoms with Gasteiger partial charge in [0, 0.05) is 35.7 Å². The fourth-order valence-corrected chi connectivity index (χ4v) is 6.93. The van der Waals surface area contributed by atoms with Crippen LogP contribution in [-0.4, -0.2) is 61.2 Å². The molecule has 8 heteroatoms. The molecule has 2 aliphatic heterocycles. The normalized spacial score (nSPS) is 20.3. The summed E-state index contributed by atoms with van der Waals surface area (Å²) in [5.74, 6) is -1.61. The second-order valence-corrected chi connectivity index (χ2v) is 11.5. The highest BCUT2D eigenvalue weighted by atomic mass is 16.5. The molecule has 0 spiro atoms. The number of benzene rings is 2. The van der Waals surface area contributed by atoms with Gasteiger partial charge in [-0.2, -0.15) is 4.73 Å². The van der Waals surface area contributed by atoms with Gasteiger partial charge in [0.1, 0.15) is 5.92 Å². The van der Waals surface area contributed by atoms with Gasteiger partial charge in [-0.25, -0.2) is 0 Å². The third-order valence-corrected chi connectivity index (χ3v) is 9.11. The summed E-state index contributed by atoms with van der Waals surface area (Å²) in [4.78, 5) is 34.3. The lowest BCUT2D eigenvalue weighted by molar-refractivity contribution is -0.605. The Morgan fingerprint density at radius 2 is 1.60 bits per heavy atom. The maximum absolute atomic E-state index is 13.0. The Balaban J connectivity index is 1.31. The number of hydrogen-bond donors (Lipinski definition) is 0. The van der Waals surface area contributed by atoms with Crippen LogP contribution in [0.15, 0.2) is 102 Å². The van der Waals surface area contributed by atoms with E-state index < -0.39 is 17.8 Å². The van der Waals surface area contributed by atoms with E-state index in [1.807, 2.05) is 6.92 Å². The average Bonchev–Trinajstić information content (AvgIpc) is 3.04. The summed E-state index contributed by atoms with van der Waals surface area (Å²) in [6, 6.07) is 25.0. The average molecular weight is 581 g/mol. The highest BCUT2D eigenvalue weighted by Gasteiger charge is 2.42. The smallest absolute Gasteiger partial charge is 0.315 e. The summed E-state index contributed by atoms with van der Waals surface area (Å²) < 4.78 is 5.86. The number of hydrogen-bond acceptors (Lipinski definition) is 6. The van der Waals surface area contributed by atoms with Crippen molar-refractivity contribution in [3.8, 4) is 0 Å². The van der Waals surface area contributed by atoms with Crippen LogP contribution in [0.2, 0.25) is 0 Å². The molecule has 0 N–H and O–H groups in total. The van der Waals surface area contributed by atoms with Crippen molar-refractivity contribution < 1.29 is 19.1 Å². The van der Waals surface area contributed by atoms with Crippen LogP contribution in [0.25, 0.3) is 0 Å². The van der Waals surface area contributed by atoms with Gasteiger partial charge >= 0.3 is 5.97 Å². The van der Waals surface area contributed by atoms with Crippen molar-refractivity contribution in [3.05, 3.63) is 118 Å². The highest BCUT2D eigenvalue weighted by molar-refractivity contribution is 6.03. The number of piperidine rings is 1. The molecule has 1 aromatic heterocycles. The first-order valence-corrected chi connectivity index (χ1v) is 15.0. The molecule has 3 aromatic rings. The molecular weight excluding hydrogens is 540 g/mol. The fraction of sp³-hybridized carbons (Fsp3) is 0.371. The Bertz CT molecular complexity index is 1420. The predicted octanol–water partition coefficient (Wildman–Crippen LogP) is 4.83. The van der Waals surface area contributed by atoms with Crippen LogP contribution in [0, 0.1) is 11.1 Å². The van der Waals surface area contributed by atoms with Gasteiger partial charge in [0.2, 0.25) is 6.41 Å². The molecule has 0 radical (unpaired) electrons. The summed E-state index contributed by atoms with van der Waals surface area (Å²) in [6.45, 7) is 6.93. The van der Waals surface area contributed by atoms with Crippen molar-refractivity contribution in [2.24, 2.45) is 10.9 Å². The zero-order valence-corrected chi connectivity index (χ0v) is 25.2. The van der Waals surface area contributed by atoms with Gasteiger partial charge in [-0.05, 0) is 69.4 Å². The number of amides is 1. The van der Waals surface area contributed by atoms with Gasteiger partial charge in [-0.3, -0.25) is 14.6 Å². The first-order valence-electron chi connectivity index (χ1n) is 15.0. The maximum atomic E-state index is 13.0. The number of ether oxygens (including phenoxy) is 1. The first kappa shape index (κ1) is 30.2. The number of methoxy groups -OCH3 is 1. The molecule has 1 amide bonds. The van der Waals surface area contributed by atoms with Crippen LogP contribution in [0.3, 0.4) is 0 Å². The Morgan fingerprint density at radius 3 is 2.14 bits per heavy atom. The molecule has 0 saturated carbocycles. The quantitative estimate of drug-likeness (QED) is 0.148.